The Morgan fingerprint density at radius 1 is 1.07 bits per heavy atom. The molecule has 4 heteroatoms. The number of rotatable bonds is 3. The molecule has 0 saturated heterocycles. The van der Waals surface area contributed by atoms with Crippen molar-refractivity contribution in [2.24, 2.45) is 0 Å². The van der Waals surface area contributed by atoms with Crippen molar-refractivity contribution >= 4 is 11.6 Å². The van der Waals surface area contributed by atoms with Gasteiger partial charge in [-0.3, -0.25) is 0 Å². The van der Waals surface area contributed by atoms with Crippen LogP contribution in [-0.2, 0) is 6.61 Å². The average molecular weight is 221 g/mol. The normalized spacial score (nSPS) is 9.93. The summed E-state index contributed by atoms with van der Waals surface area (Å²) in [5, 5.41) is 0.717. The van der Waals surface area contributed by atoms with E-state index in [-0.39, 0.29) is 0 Å². The first-order valence-corrected chi connectivity index (χ1v) is 4.86. The summed E-state index contributed by atoms with van der Waals surface area (Å²) in [6.45, 7) is 0.446. The van der Waals surface area contributed by atoms with E-state index in [2.05, 4.69) is 9.97 Å². The smallest absolute Gasteiger partial charge is 0.316 e. The molecule has 2 rings (SSSR count). The lowest BCUT2D eigenvalue weighted by Gasteiger charge is -2.03. The fourth-order valence-corrected chi connectivity index (χ4v) is 1.21. The number of hydrogen-bond acceptors (Lipinski definition) is 3. The van der Waals surface area contributed by atoms with Gasteiger partial charge in [-0.15, -0.1) is 0 Å². The average Bonchev–Trinajstić information content (AvgIpc) is 2.30. The molecule has 3 nitrogen and oxygen atoms in total. The van der Waals surface area contributed by atoms with E-state index >= 15 is 0 Å². The van der Waals surface area contributed by atoms with Gasteiger partial charge in [0.1, 0.15) is 6.61 Å². The molecule has 0 aliphatic heterocycles. The predicted molar refractivity (Wildman–Crippen MR) is 57.8 cm³/mol. The highest BCUT2D eigenvalue weighted by Crippen LogP contribution is 2.11. The van der Waals surface area contributed by atoms with Crippen molar-refractivity contribution < 1.29 is 4.74 Å². The molecule has 0 bridgehead atoms. The van der Waals surface area contributed by atoms with Gasteiger partial charge in [0.25, 0.3) is 0 Å². The Morgan fingerprint density at radius 3 is 2.40 bits per heavy atom. The van der Waals surface area contributed by atoms with Crippen molar-refractivity contribution in [1.29, 1.82) is 0 Å². The van der Waals surface area contributed by atoms with Crippen LogP contribution in [0.15, 0.2) is 42.7 Å². The summed E-state index contributed by atoms with van der Waals surface area (Å²) in [7, 11) is 0. The Morgan fingerprint density at radius 2 is 1.73 bits per heavy atom. The first-order chi connectivity index (χ1) is 7.34. The van der Waals surface area contributed by atoms with Crippen LogP contribution in [0.2, 0.25) is 5.02 Å². The number of benzene rings is 1. The van der Waals surface area contributed by atoms with Crippen LogP contribution in [0.3, 0.4) is 0 Å². The highest BCUT2D eigenvalue weighted by atomic mass is 35.5. The summed E-state index contributed by atoms with van der Waals surface area (Å²) in [5.74, 6) is 0. The van der Waals surface area contributed by atoms with Gasteiger partial charge >= 0.3 is 6.01 Å². The number of nitrogens with zero attached hydrogens (tertiary/aromatic N) is 2. The van der Waals surface area contributed by atoms with Crippen LogP contribution in [0.4, 0.5) is 0 Å². The van der Waals surface area contributed by atoms with E-state index in [0.717, 1.165) is 10.6 Å². The van der Waals surface area contributed by atoms with Crippen molar-refractivity contribution in [3.63, 3.8) is 0 Å². The highest BCUT2D eigenvalue weighted by Gasteiger charge is 1.96. The summed E-state index contributed by atoms with van der Waals surface area (Å²) >= 11 is 5.76. The molecule has 0 N–H and O–H groups in total. The topological polar surface area (TPSA) is 35.0 Å². The van der Waals surface area contributed by atoms with Gasteiger partial charge in [-0.2, -0.15) is 0 Å². The van der Waals surface area contributed by atoms with Gasteiger partial charge in [-0.1, -0.05) is 23.7 Å². The molecule has 0 saturated carbocycles. The lowest BCUT2D eigenvalue weighted by Crippen LogP contribution is -1.98. The monoisotopic (exact) mass is 220 g/mol. The molecule has 0 radical (unpaired) electrons. The maximum Gasteiger partial charge on any atom is 0.316 e. The highest BCUT2D eigenvalue weighted by molar-refractivity contribution is 6.30. The summed E-state index contributed by atoms with van der Waals surface area (Å²) < 4.78 is 5.37. The second kappa shape index (κ2) is 4.75. The standard InChI is InChI=1S/C11H9ClN2O/c12-10-4-2-9(3-5-10)8-15-11-13-6-1-7-14-11/h1-7H,8H2. The van der Waals surface area contributed by atoms with Gasteiger partial charge in [0.05, 0.1) is 0 Å². The SMILES string of the molecule is Clc1ccc(COc2ncccn2)cc1. The quantitative estimate of drug-likeness (QED) is 0.798. The molecule has 0 amide bonds. The number of aromatic nitrogens is 2. The van der Waals surface area contributed by atoms with Gasteiger partial charge in [0.2, 0.25) is 0 Å². The van der Waals surface area contributed by atoms with E-state index in [0.29, 0.717) is 12.6 Å². The van der Waals surface area contributed by atoms with Gasteiger partial charge in [-0.05, 0) is 23.8 Å². The minimum absolute atomic E-state index is 0.382. The van der Waals surface area contributed by atoms with E-state index in [4.69, 9.17) is 16.3 Å². The van der Waals surface area contributed by atoms with Crippen molar-refractivity contribution in [2.45, 2.75) is 6.61 Å². The second-order valence-electron chi connectivity index (χ2n) is 2.95. The van der Waals surface area contributed by atoms with E-state index in [1.807, 2.05) is 24.3 Å². The maximum absolute atomic E-state index is 5.76. The molecule has 0 spiro atoms. The molecule has 76 valence electrons. The molecule has 0 atom stereocenters. The predicted octanol–water partition coefficient (Wildman–Crippen LogP) is 2.71. The van der Waals surface area contributed by atoms with Crippen LogP contribution >= 0.6 is 11.6 Å². The van der Waals surface area contributed by atoms with Crippen LogP contribution in [0.1, 0.15) is 5.56 Å². The maximum atomic E-state index is 5.76. The fraction of sp³-hybridized carbons (Fsp3) is 0.0909. The first-order valence-electron chi connectivity index (χ1n) is 4.49. The zero-order chi connectivity index (χ0) is 10.5. The van der Waals surface area contributed by atoms with Gasteiger partial charge in [0, 0.05) is 17.4 Å². The Hall–Kier alpha value is -1.61. The Kier molecular flexibility index (Phi) is 3.15. The van der Waals surface area contributed by atoms with Gasteiger partial charge < -0.3 is 4.74 Å². The summed E-state index contributed by atoms with van der Waals surface area (Å²) in [6.07, 6.45) is 3.29. The Bertz CT molecular complexity index is 416. The molecule has 15 heavy (non-hydrogen) atoms. The molecule has 1 aromatic carbocycles. The zero-order valence-electron chi connectivity index (χ0n) is 7.93. The third kappa shape index (κ3) is 2.92. The van der Waals surface area contributed by atoms with Crippen LogP contribution in [0.5, 0.6) is 6.01 Å². The number of ether oxygens (including phenoxy) is 1. The van der Waals surface area contributed by atoms with Gasteiger partial charge in [-0.25, -0.2) is 9.97 Å². The van der Waals surface area contributed by atoms with E-state index in [9.17, 15) is 0 Å². The van der Waals surface area contributed by atoms with Gasteiger partial charge in [0.15, 0.2) is 0 Å². The van der Waals surface area contributed by atoms with E-state index in [1.54, 1.807) is 18.5 Å². The van der Waals surface area contributed by atoms with Crippen LogP contribution < -0.4 is 4.74 Å². The minimum Gasteiger partial charge on any atom is -0.459 e. The van der Waals surface area contributed by atoms with Crippen LogP contribution in [-0.4, -0.2) is 9.97 Å². The Labute approximate surface area is 92.7 Å². The van der Waals surface area contributed by atoms with Crippen LogP contribution in [0, 0.1) is 0 Å². The number of halogens is 1. The lowest BCUT2D eigenvalue weighted by atomic mass is 10.2. The number of hydrogen-bond donors (Lipinski definition) is 0. The molecule has 0 unspecified atom stereocenters. The van der Waals surface area contributed by atoms with Crippen molar-refractivity contribution in [2.75, 3.05) is 0 Å². The van der Waals surface area contributed by atoms with Crippen molar-refractivity contribution in [3.8, 4) is 6.01 Å². The summed E-state index contributed by atoms with van der Waals surface area (Å²) in [6, 6.07) is 9.59. The van der Waals surface area contributed by atoms with E-state index < -0.39 is 0 Å². The third-order valence-electron chi connectivity index (χ3n) is 1.82. The fourth-order valence-electron chi connectivity index (χ4n) is 1.09. The van der Waals surface area contributed by atoms with Crippen molar-refractivity contribution in [1.82, 2.24) is 9.97 Å². The molecule has 0 aliphatic carbocycles. The molecule has 1 heterocycles. The molecular weight excluding hydrogens is 212 g/mol. The van der Waals surface area contributed by atoms with Crippen LogP contribution in [0.25, 0.3) is 0 Å². The molecule has 0 aliphatic rings. The molecule has 0 fully saturated rings. The molecular formula is C11H9ClN2O. The Balaban J connectivity index is 1.96. The summed E-state index contributed by atoms with van der Waals surface area (Å²) in [4.78, 5) is 7.90. The minimum atomic E-state index is 0.382. The lowest BCUT2D eigenvalue weighted by molar-refractivity contribution is 0.280. The third-order valence-corrected chi connectivity index (χ3v) is 2.08. The molecule has 1 aromatic heterocycles. The molecule has 2 aromatic rings. The summed E-state index contributed by atoms with van der Waals surface area (Å²) in [5.41, 5.74) is 1.03. The largest absolute Gasteiger partial charge is 0.459 e. The van der Waals surface area contributed by atoms with Crippen molar-refractivity contribution in [3.05, 3.63) is 53.3 Å². The second-order valence-corrected chi connectivity index (χ2v) is 3.38. The van der Waals surface area contributed by atoms with E-state index in [1.165, 1.54) is 0 Å². The zero-order valence-corrected chi connectivity index (χ0v) is 8.69. The first kappa shape index (κ1) is 9.93.